The van der Waals surface area contributed by atoms with E-state index in [1.165, 1.54) is 4.68 Å². The Balaban J connectivity index is 1.57. The maximum atomic E-state index is 13.3. The molecule has 1 heterocycles. The van der Waals surface area contributed by atoms with Crippen LogP contribution in [0.1, 0.15) is 37.6 Å². The summed E-state index contributed by atoms with van der Waals surface area (Å²) in [7, 11) is 0. The Hall–Kier alpha value is -2.53. The number of nitrogens with zero attached hydrogens (tertiary/aromatic N) is 3. The molecule has 4 aromatic rings. The van der Waals surface area contributed by atoms with E-state index < -0.39 is 0 Å². The van der Waals surface area contributed by atoms with Crippen molar-refractivity contribution >= 4 is 88.1 Å². The molecule has 0 unspecified atom stereocenters. The molecule has 0 aliphatic carbocycles. The first-order chi connectivity index (χ1) is 18.2. The number of rotatable bonds is 8. The van der Waals surface area contributed by atoms with Crippen molar-refractivity contribution in [2.45, 2.75) is 26.2 Å². The Kier molecular flexibility index (Phi) is 9.40. The molecule has 196 valence electrons. The molecule has 1 amide bonds. The lowest BCUT2D eigenvalue weighted by molar-refractivity contribution is -0.118. The average Bonchev–Trinajstić information content (AvgIpc) is 2.88. The number of ether oxygens (including phenoxy) is 1. The number of carbonyl (C=O) groups is 1. The highest BCUT2D eigenvalue weighted by molar-refractivity contribution is 9.11. The predicted molar refractivity (Wildman–Crippen MR) is 163 cm³/mol. The molecule has 11 heteroatoms. The molecule has 0 bridgehead atoms. The van der Waals surface area contributed by atoms with Crippen LogP contribution in [0.3, 0.4) is 0 Å². The Morgan fingerprint density at radius 1 is 1.13 bits per heavy atom. The predicted octanol–water partition coefficient (Wildman–Crippen LogP) is 7.75. The first kappa shape index (κ1) is 28.5. The zero-order valence-electron chi connectivity index (χ0n) is 20.3. The molecule has 1 atom stereocenters. The summed E-state index contributed by atoms with van der Waals surface area (Å²) in [6, 6.07) is 15.8. The van der Waals surface area contributed by atoms with E-state index in [0.29, 0.717) is 47.7 Å². The molecule has 0 saturated carbocycles. The van der Waals surface area contributed by atoms with E-state index in [1.807, 2.05) is 26.0 Å². The van der Waals surface area contributed by atoms with Crippen LogP contribution in [0.4, 0.5) is 5.69 Å². The van der Waals surface area contributed by atoms with Gasteiger partial charge in [0.15, 0.2) is 6.61 Å². The Morgan fingerprint density at radius 2 is 1.82 bits per heavy atom. The van der Waals surface area contributed by atoms with E-state index in [9.17, 15) is 9.59 Å². The standard InChI is InChI=1S/C27H22Br3ClN4O3/c1-3-15(2)26-34-23-9-4-17(28)12-20(23)27(37)35(26)32-13-16-10-21(29)25(22(30)11-16)38-14-24(36)33-19-7-5-18(31)6-8-19/h4-13,15H,3,14H2,1-2H3,(H,33,36)/t15-/m1/s1. The maximum Gasteiger partial charge on any atom is 0.282 e. The third-order valence-electron chi connectivity index (χ3n) is 5.70. The topological polar surface area (TPSA) is 85.6 Å². The molecule has 1 N–H and O–H groups in total. The third-order valence-corrected chi connectivity index (χ3v) is 7.63. The fourth-order valence-electron chi connectivity index (χ4n) is 3.56. The zero-order valence-corrected chi connectivity index (χ0v) is 25.9. The van der Waals surface area contributed by atoms with Gasteiger partial charge in [-0.3, -0.25) is 9.59 Å². The lowest BCUT2D eigenvalue weighted by atomic mass is 10.1. The van der Waals surface area contributed by atoms with Crippen molar-refractivity contribution in [1.29, 1.82) is 0 Å². The van der Waals surface area contributed by atoms with Gasteiger partial charge < -0.3 is 10.1 Å². The van der Waals surface area contributed by atoms with E-state index in [0.717, 1.165) is 10.9 Å². The number of aromatic nitrogens is 2. The van der Waals surface area contributed by atoms with Gasteiger partial charge in [0, 0.05) is 21.1 Å². The van der Waals surface area contributed by atoms with Gasteiger partial charge in [-0.2, -0.15) is 9.78 Å². The van der Waals surface area contributed by atoms with E-state index in [4.69, 9.17) is 21.3 Å². The quantitative estimate of drug-likeness (QED) is 0.188. The molecule has 4 rings (SSSR count). The molecular weight excluding hydrogens is 703 g/mol. The summed E-state index contributed by atoms with van der Waals surface area (Å²) in [5.41, 5.74) is 1.72. The minimum absolute atomic E-state index is 0.0289. The first-order valence-electron chi connectivity index (χ1n) is 11.6. The van der Waals surface area contributed by atoms with Crippen LogP contribution < -0.4 is 15.6 Å². The van der Waals surface area contributed by atoms with Gasteiger partial charge >= 0.3 is 0 Å². The van der Waals surface area contributed by atoms with E-state index in [2.05, 4.69) is 58.2 Å². The summed E-state index contributed by atoms with van der Waals surface area (Å²) in [5.74, 6) is 0.766. The van der Waals surface area contributed by atoms with Crippen molar-refractivity contribution in [2.75, 3.05) is 11.9 Å². The van der Waals surface area contributed by atoms with Crippen LogP contribution in [-0.2, 0) is 4.79 Å². The fraction of sp³-hybridized carbons (Fsp3) is 0.185. The molecule has 0 aliphatic rings. The Morgan fingerprint density at radius 3 is 2.47 bits per heavy atom. The number of fused-ring (bicyclic) bond motifs is 1. The number of anilines is 1. The zero-order chi connectivity index (χ0) is 27.4. The van der Waals surface area contributed by atoms with Crippen molar-refractivity contribution in [2.24, 2.45) is 5.10 Å². The maximum absolute atomic E-state index is 13.3. The Labute approximate surface area is 249 Å². The number of nitrogens with one attached hydrogen (secondary N) is 1. The highest BCUT2D eigenvalue weighted by Crippen LogP contribution is 2.34. The van der Waals surface area contributed by atoms with Crippen LogP contribution in [-0.4, -0.2) is 28.4 Å². The van der Waals surface area contributed by atoms with Crippen molar-refractivity contribution in [3.8, 4) is 5.75 Å². The second-order valence-electron chi connectivity index (χ2n) is 8.46. The van der Waals surface area contributed by atoms with Gasteiger partial charge in [0.1, 0.15) is 11.6 Å². The third kappa shape index (κ3) is 6.72. The smallest absolute Gasteiger partial charge is 0.282 e. The summed E-state index contributed by atoms with van der Waals surface area (Å²) in [6.07, 6.45) is 2.39. The van der Waals surface area contributed by atoms with Crippen LogP contribution >= 0.6 is 59.4 Å². The van der Waals surface area contributed by atoms with Crippen LogP contribution in [0.5, 0.6) is 5.75 Å². The van der Waals surface area contributed by atoms with Crippen molar-refractivity contribution in [1.82, 2.24) is 9.66 Å². The molecule has 0 radical (unpaired) electrons. The molecule has 0 aliphatic heterocycles. The van der Waals surface area contributed by atoms with Crippen molar-refractivity contribution in [3.63, 3.8) is 0 Å². The SMILES string of the molecule is CC[C@@H](C)c1nc2ccc(Br)cc2c(=O)n1N=Cc1cc(Br)c(OCC(=O)Nc2ccc(Cl)cc2)c(Br)c1. The minimum Gasteiger partial charge on any atom is -0.481 e. The van der Waals surface area contributed by atoms with E-state index >= 15 is 0 Å². The van der Waals surface area contributed by atoms with Gasteiger partial charge in [0.25, 0.3) is 11.5 Å². The monoisotopic (exact) mass is 722 g/mol. The normalized spacial score (nSPS) is 12.2. The number of carbonyl (C=O) groups excluding carboxylic acids is 1. The summed E-state index contributed by atoms with van der Waals surface area (Å²) < 4.78 is 9.12. The highest BCUT2D eigenvalue weighted by Gasteiger charge is 2.16. The van der Waals surface area contributed by atoms with Crippen molar-refractivity contribution < 1.29 is 9.53 Å². The second-order valence-corrected chi connectivity index (χ2v) is 11.5. The molecule has 38 heavy (non-hydrogen) atoms. The fourth-order valence-corrected chi connectivity index (χ4v) is 5.50. The molecule has 3 aromatic carbocycles. The second kappa shape index (κ2) is 12.5. The Bertz CT molecular complexity index is 1570. The van der Waals surface area contributed by atoms with Crippen LogP contribution in [0.2, 0.25) is 5.02 Å². The van der Waals surface area contributed by atoms with Gasteiger partial charge in [0.2, 0.25) is 0 Å². The molecule has 0 saturated heterocycles. The summed E-state index contributed by atoms with van der Waals surface area (Å²) >= 11 is 16.3. The number of hydrogen-bond acceptors (Lipinski definition) is 5. The van der Waals surface area contributed by atoms with E-state index in [-0.39, 0.29) is 24.0 Å². The lowest BCUT2D eigenvalue weighted by Crippen LogP contribution is -2.23. The van der Waals surface area contributed by atoms with Gasteiger partial charge in [0.05, 0.1) is 26.1 Å². The molecular formula is C27H22Br3ClN4O3. The minimum atomic E-state index is -0.316. The van der Waals surface area contributed by atoms with Gasteiger partial charge in [-0.15, -0.1) is 0 Å². The molecule has 0 fully saturated rings. The number of halogens is 4. The summed E-state index contributed by atoms with van der Waals surface area (Å²) in [4.78, 5) is 30.4. The lowest BCUT2D eigenvalue weighted by Gasteiger charge is -2.14. The number of benzene rings is 3. The molecule has 7 nitrogen and oxygen atoms in total. The largest absolute Gasteiger partial charge is 0.481 e. The van der Waals surface area contributed by atoms with Crippen LogP contribution in [0, 0.1) is 0 Å². The highest BCUT2D eigenvalue weighted by atomic mass is 79.9. The van der Waals surface area contributed by atoms with E-state index in [1.54, 1.807) is 48.7 Å². The van der Waals surface area contributed by atoms with Gasteiger partial charge in [-0.25, -0.2) is 4.98 Å². The molecule has 0 spiro atoms. The average molecular weight is 726 g/mol. The van der Waals surface area contributed by atoms with Gasteiger partial charge in [-0.1, -0.05) is 41.4 Å². The molecule has 1 aromatic heterocycles. The summed E-state index contributed by atoms with van der Waals surface area (Å²) in [6.45, 7) is 3.86. The summed E-state index contributed by atoms with van der Waals surface area (Å²) in [5, 5.41) is 8.33. The van der Waals surface area contributed by atoms with Crippen LogP contribution in [0.15, 0.2) is 77.9 Å². The van der Waals surface area contributed by atoms with Crippen LogP contribution in [0.25, 0.3) is 10.9 Å². The first-order valence-corrected chi connectivity index (χ1v) is 14.4. The number of amides is 1. The van der Waals surface area contributed by atoms with Gasteiger partial charge in [-0.05, 0) is 98.4 Å². The number of hydrogen-bond donors (Lipinski definition) is 1. The van der Waals surface area contributed by atoms with Crippen molar-refractivity contribution in [3.05, 3.63) is 94.8 Å².